The molecule has 0 saturated carbocycles. The zero-order valence-electron chi connectivity index (χ0n) is 11.2. The average Bonchev–Trinajstić information content (AvgIpc) is 2.62. The number of nitrogens with two attached hydrogens (primary N) is 1. The van der Waals surface area contributed by atoms with E-state index < -0.39 is 0 Å². The van der Waals surface area contributed by atoms with E-state index in [1.807, 2.05) is 39.0 Å². The van der Waals surface area contributed by atoms with Crippen molar-refractivity contribution >= 4 is 23.4 Å². The van der Waals surface area contributed by atoms with Crippen LogP contribution in [0.15, 0.2) is 32.7 Å². The first-order chi connectivity index (χ1) is 8.97. The van der Waals surface area contributed by atoms with Gasteiger partial charge in [0.15, 0.2) is 0 Å². The Labute approximate surface area is 122 Å². The van der Waals surface area contributed by atoms with Crippen LogP contribution >= 0.6 is 23.4 Å². The zero-order chi connectivity index (χ0) is 14.0. The Morgan fingerprint density at radius 1 is 1.42 bits per heavy atom. The van der Waals surface area contributed by atoms with Crippen molar-refractivity contribution in [2.75, 3.05) is 0 Å². The summed E-state index contributed by atoms with van der Waals surface area (Å²) in [6.45, 7) is 5.81. The minimum absolute atomic E-state index is 0.0887. The van der Waals surface area contributed by atoms with Crippen LogP contribution < -0.4 is 5.73 Å². The molecule has 0 aliphatic heterocycles. The maximum absolute atomic E-state index is 6.28. The summed E-state index contributed by atoms with van der Waals surface area (Å²) < 4.78 is 5.60. The molecule has 0 aliphatic carbocycles. The molecule has 2 N–H and O–H groups in total. The number of aromatic nitrogens is 1. The second kappa shape index (κ2) is 5.99. The molecule has 0 aliphatic rings. The molecule has 1 aromatic carbocycles. The van der Waals surface area contributed by atoms with Gasteiger partial charge in [0.25, 0.3) is 5.22 Å². The summed E-state index contributed by atoms with van der Waals surface area (Å²) in [5.41, 5.74) is 7.91. The number of hydrogen-bond acceptors (Lipinski definition) is 4. The lowest BCUT2D eigenvalue weighted by Gasteiger charge is -2.11. The van der Waals surface area contributed by atoms with Gasteiger partial charge in [-0.2, -0.15) is 0 Å². The first-order valence-corrected chi connectivity index (χ1v) is 7.31. The lowest BCUT2D eigenvalue weighted by Crippen LogP contribution is -2.18. The molecule has 1 unspecified atom stereocenters. The van der Waals surface area contributed by atoms with E-state index in [0.717, 1.165) is 28.3 Å². The second-order valence-corrected chi connectivity index (χ2v) is 6.00. The first-order valence-electron chi connectivity index (χ1n) is 6.12. The number of benzene rings is 1. The standard InChI is InChI=1S/C14H17ClN2OS/c1-8(16)7-11-5-4-6-12(15)13(11)19-14-17-9(2)10(3)18-14/h4-6,8H,7,16H2,1-3H3. The van der Waals surface area contributed by atoms with Crippen molar-refractivity contribution in [2.45, 2.75) is 43.4 Å². The summed E-state index contributed by atoms with van der Waals surface area (Å²) in [7, 11) is 0. The number of halogens is 1. The van der Waals surface area contributed by atoms with E-state index in [0.29, 0.717) is 10.2 Å². The molecule has 3 nitrogen and oxygen atoms in total. The van der Waals surface area contributed by atoms with Gasteiger partial charge in [0, 0.05) is 10.9 Å². The van der Waals surface area contributed by atoms with E-state index in [1.54, 1.807) is 0 Å². The van der Waals surface area contributed by atoms with Crippen LogP contribution in [0.25, 0.3) is 0 Å². The van der Waals surface area contributed by atoms with Gasteiger partial charge < -0.3 is 10.2 Å². The molecule has 0 fully saturated rings. The van der Waals surface area contributed by atoms with Crippen molar-refractivity contribution in [3.05, 3.63) is 40.2 Å². The van der Waals surface area contributed by atoms with Crippen LogP contribution in [0.3, 0.4) is 0 Å². The van der Waals surface area contributed by atoms with Crippen LogP contribution in [0.2, 0.25) is 5.02 Å². The summed E-state index contributed by atoms with van der Waals surface area (Å²) in [6.07, 6.45) is 0.779. The molecule has 2 rings (SSSR count). The van der Waals surface area contributed by atoms with Crippen LogP contribution in [0.4, 0.5) is 0 Å². The third-order valence-electron chi connectivity index (χ3n) is 2.79. The maximum atomic E-state index is 6.28. The molecule has 102 valence electrons. The Kier molecular flexibility index (Phi) is 4.55. The average molecular weight is 297 g/mol. The molecule has 0 saturated heterocycles. The monoisotopic (exact) mass is 296 g/mol. The molecule has 1 atom stereocenters. The molecule has 0 bridgehead atoms. The van der Waals surface area contributed by atoms with Gasteiger partial charge in [-0.25, -0.2) is 4.98 Å². The lowest BCUT2D eigenvalue weighted by molar-refractivity contribution is 0.431. The fourth-order valence-electron chi connectivity index (χ4n) is 1.75. The third kappa shape index (κ3) is 3.53. The summed E-state index contributed by atoms with van der Waals surface area (Å²) in [5, 5.41) is 1.32. The molecule has 5 heteroatoms. The molecule has 0 amide bonds. The molecule has 0 radical (unpaired) electrons. The van der Waals surface area contributed by atoms with Gasteiger partial charge in [0.2, 0.25) is 0 Å². The fourth-order valence-corrected chi connectivity index (χ4v) is 3.03. The number of aryl methyl sites for hydroxylation is 2. The molecule has 19 heavy (non-hydrogen) atoms. The van der Waals surface area contributed by atoms with Crippen molar-refractivity contribution in [3.8, 4) is 0 Å². The van der Waals surface area contributed by atoms with Crippen LogP contribution in [0.5, 0.6) is 0 Å². The predicted octanol–water partition coefficient (Wildman–Crippen LogP) is 3.99. The topological polar surface area (TPSA) is 52.0 Å². The Morgan fingerprint density at radius 2 is 2.16 bits per heavy atom. The Bertz CT molecular complexity index is 561. The first kappa shape index (κ1) is 14.4. The number of rotatable bonds is 4. The molecule has 1 aromatic heterocycles. The SMILES string of the molecule is Cc1nc(Sc2c(Cl)cccc2CC(C)N)oc1C. The van der Waals surface area contributed by atoms with Crippen LogP contribution in [-0.2, 0) is 6.42 Å². The lowest BCUT2D eigenvalue weighted by atomic mass is 10.1. The van der Waals surface area contributed by atoms with E-state index in [2.05, 4.69) is 4.98 Å². The smallest absolute Gasteiger partial charge is 0.261 e. The van der Waals surface area contributed by atoms with E-state index in [4.69, 9.17) is 21.8 Å². The number of nitrogens with zero attached hydrogens (tertiary/aromatic N) is 1. The normalized spacial score (nSPS) is 12.7. The minimum Gasteiger partial charge on any atom is -0.436 e. The Balaban J connectivity index is 2.32. The van der Waals surface area contributed by atoms with Gasteiger partial charge in [-0.3, -0.25) is 0 Å². The predicted molar refractivity (Wildman–Crippen MR) is 78.9 cm³/mol. The fraction of sp³-hybridized carbons (Fsp3) is 0.357. The van der Waals surface area contributed by atoms with Crippen LogP contribution in [0, 0.1) is 13.8 Å². The number of oxazole rings is 1. The molecular formula is C14H17ClN2OS. The summed E-state index contributed by atoms with van der Waals surface area (Å²) in [6, 6.07) is 5.94. The van der Waals surface area contributed by atoms with Crippen molar-refractivity contribution in [1.29, 1.82) is 0 Å². The van der Waals surface area contributed by atoms with Gasteiger partial charge in [-0.05, 0) is 50.6 Å². The highest BCUT2D eigenvalue weighted by Crippen LogP contribution is 2.36. The zero-order valence-corrected chi connectivity index (χ0v) is 12.8. The van der Waals surface area contributed by atoms with Crippen molar-refractivity contribution < 1.29 is 4.42 Å². The van der Waals surface area contributed by atoms with Gasteiger partial charge >= 0.3 is 0 Å². The maximum Gasteiger partial charge on any atom is 0.261 e. The molecule has 0 spiro atoms. The van der Waals surface area contributed by atoms with E-state index in [-0.39, 0.29) is 6.04 Å². The van der Waals surface area contributed by atoms with Gasteiger partial charge in [-0.1, -0.05) is 23.7 Å². The highest BCUT2D eigenvalue weighted by atomic mass is 35.5. The quantitative estimate of drug-likeness (QED) is 0.927. The van der Waals surface area contributed by atoms with Gasteiger partial charge in [-0.15, -0.1) is 0 Å². The number of hydrogen-bond donors (Lipinski definition) is 1. The largest absolute Gasteiger partial charge is 0.436 e. The van der Waals surface area contributed by atoms with E-state index in [1.165, 1.54) is 11.8 Å². The molecular weight excluding hydrogens is 280 g/mol. The van der Waals surface area contributed by atoms with Crippen molar-refractivity contribution in [3.63, 3.8) is 0 Å². The van der Waals surface area contributed by atoms with Gasteiger partial charge in [0.05, 0.1) is 10.7 Å². The summed E-state index contributed by atoms with van der Waals surface area (Å²) in [4.78, 5) is 5.35. The van der Waals surface area contributed by atoms with Crippen molar-refractivity contribution in [1.82, 2.24) is 4.98 Å². The third-order valence-corrected chi connectivity index (χ3v) is 4.25. The van der Waals surface area contributed by atoms with E-state index >= 15 is 0 Å². The molecule has 2 aromatic rings. The van der Waals surface area contributed by atoms with Crippen LogP contribution in [0.1, 0.15) is 23.9 Å². The van der Waals surface area contributed by atoms with Crippen LogP contribution in [-0.4, -0.2) is 11.0 Å². The highest BCUT2D eigenvalue weighted by molar-refractivity contribution is 7.99. The minimum atomic E-state index is 0.0887. The van der Waals surface area contributed by atoms with Gasteiger partial charge in [0.1, 0.15) is 5.76 Å². The van der Waals surface area contributed by atoms with Crippen molar-refractivity contribution in [2.24, 2.45) is 5.73 Å². The summed E-state index contributed by atoms with van der Waals surface area (Å²) >= 11 is 7.73. The highest BCUT2D eigenvalue weighted by Gasteiger charge is 2.14. The second-order valence-electron chi connectivity index (χ2n) is 4.63. The summed E-state index contributed by atoms with van der Waals surface area (Å²) in [5.74, 6) is 0.836. The molecule has 1 heterocycles. The Morgan fingerprint density at radius 3 is 2.74 bits per heavy atom. The van der Waals surface area contributed by atoms with E-state index in [9.17, 15) is 0 Å². The Hall–Kier alpha value is -0.970.